The second kappa shape index (κ2) is 5.73. The van der Waals surface area contributed by atoms with Crippen molar-refractivity contribution in [2.75, 3.05) is 6.61 Å². The molecular weight excluding hydrogens is 224 g/mol. The van der Waals surface area contributed by atoms with Gasteiger partial charge in [0.2, 0.25) is 0 Å². The Kier molecular flexibility index (Phi) is 4.59. The molecule has 0 heterocycles. The van der Waals surface area contributed by atoms with Crippen molar-refractivity contribution >= 4 is 23.2 Å². The van der Waals surface area contributed by atoms with Gasteiger partial charge >= 0.3 is 0 Å². The lowest BCUT2D eigenvalue weighted by Crippen LogP contribution is -2.12. The number of hydrogen-bond acceptors (Lipinski definition) is 2. The van der Waals surface area contributed by atoms with Crippen LogP contribution in [0.3, 0.4) is 0 Å². The Morgan fingerprint density at radius 1 is 1.12 bits per heavy atom. The van der Waals surface area contributed by atoms with Crippen molar-refractivity contribution < 1.29 is 9.84 Å². The van der Waals surface area contributed by atoms with Gasteiger partial charge in [-0.1, -0.05) is 36.4 Å². The third-order valence-corrected chi connectivity index (χ3v) is 2.23. The van der Waals surface area contributed by atoms with Crippen LogP contribution in [0.2, 0.25) is 0 Å². The van der Waals surface area contributed by atoms with E-state index in [1.165, 1.54) is 0 Å². The van der Waals surface area contributed by atoms with E-state index >= 15 is 0 Å². The minimum absolute atomic E-state index is 0. The summed E-state index contributed by atoms with van der Waals surface area (Å²) in [6.45, 7) is 2.04. The van der Waals surface area contributed by atoms with E-state index in [0.29, 0.717) is 6.61 Å². The maximum Gasteiger partial charge on any atom is 0.127 e. The Bertz CT molecular complexity index is 449. The SMILES string of the molecule is CC(O)COc1cccc2ccccc12.Cl. The molecule has 0 aliphatic rings. The first-order chi connectivity index (χ1) is 7.27. The molecule has 0 spiro atoms. The van der Waals surface area contributed by atoms with E-state index in [1.54, 1.807) is 6.92 Å². The maximum absolute atomic E-state index is 9.16. The minimum atomic E-state index is -0.441. The number of fused-ring (bicyclic) bond motifs is 1. The van der Waals surface area contributed by atoms with Crippen molar-refractivity contribution in [1.82, 2.24) is 0 Å². The van der Waals surface area contributed by atoms with E-state index < -0.39 is 6.10 Å². The Morgan fingerprint density at radius 2 is 1.81 bits per heavy atom. The third kappa shape index (κ3) is 2.87. The molecule has 2 aromatic rings. The third-order valence-electron chi connectivity index (χ3n) is 2.23. The first-order valence-corrected chi connectivity index (χ1v) is 5.06. The quantitative estimate of drug-likeness (QED) is 0.891. The summed E-state index contributed by atoms with van der Waals surface area (Å²) in [5.74, 6) is 0.828. The molecule has 1 unspecified atom stereocenters. The number of rotatable bonds is 3. The van der Waals surface area contributed by atoms with Gasteiger partial charge in [-0.3, -0.25) is 0 Å². The molecule has 0 saturated carbocycles. The molecule has 0 radical (unpaired) electrons. The molecule has 0 aliphatic heterocycles. The van der Waals surface area contributed by atoms with Gasteiger partial charge in [-0.25, -0.2) is 0 Å². The van der Waals surface area contributed by atoms with Crippen molar-refractivity contribution in [3.63, 3.8) is 0 Å². The van der Waals surface area contributed by atoms with Crippen molar-refractivity contribution in [2.24, 2.45) is 0 Å². The van der Waals surface area contributed by atoms with Crippen LogP contribution in [-0.2, 0) is 0 Å². The van der Waals surface area contributed by atoms with Crippen molar-refractivity contribution in [2.45, 2.75) is 13.0 Å². The average Bonchev–Trinajstić information content (AvgIpc) is 2.26. The number of ether oxygens (including phenoxy) is 1. The summed E-state index contributed by atoms with van der Waals surface area (Å²) in [6.07, 6.45) is -0.441. The van der Waals surface area contributed by atoms with Gasteiger partial charge in [0.05, 0.1) is 6.10 Å². The molecule has 16 heavy (non-hydrogen) atoms. The molecule has 0 fully saturated rings. The minimum Gasteiger partial charge on any atom is -0.490 e. The highest BCUT2D eigenvalue weighted by Crippen LogP contribution is 2.25. The molecule has 0 bridgehead atoms. The van der Waals surface area contributed by atoms with Gasteiger partial charge in [-0.05, 0) is 18.4 Å². The monoisotopic (exact) mass is 238 g/mol. The van der Waals surface area contributed by atoms with Gasteiger partial charge in [-0.15, -0.1) is 12.4 Å². The smallest absolute Gasteiger partial charge is 0.127 e. The van der Waals surface area contributed by atoms with Crippen LogP contribution in [0.4, 0.5) is 0 Å². The van der Waals surface area contributed by atoms with Crippen molar-refractivity contribution in [3.05, 3.63) is 42.5 Å². The highest BCUT2D eigenvalue weighted by molar-refractivity contribution is 5.88. The molecule has 2 rings (SSSR count). The molecule has 86 valence electrons. The van der Waals surface area contributed by atoms with Crippen LogP contribution in [0.15, 0.2) is 42.5 Å². The predicted octanol–water partition coefficient (Wildman–Crippen LogP) is 3.02. The van der Waals surface area contributed by atoms with Crippen LogP contribution in [0.25, 0.3) is 10.8 Å². The highest BCUT2D eigenvalue weighted by atomic mass is 35.5. The Labute approximate surface area is 101 Å². The molecule has 0 amide bonds. The second-order valence-electron chi connectivity index (χ2n) is 3.64. The second-order valence-corrected chi connectivity index (χ2v) is 3.64. The van der Waals surface area contributed by atoms with Gasteiger partial charge < -0.3 is 9.84 Å². The van der Waals surface area contributed by atoms with E-state index in [1.807, 2.05) is 42.5 Å². The molecule has 2 nitrogen and oxygen atoms in total. The van der Waals surface area contributed by atoms with Gasteiger partial charge in [0.1, 0.15) is 12.4 Å². The molecule has 3 heteroatoms. The summed E-state index contributed by atoms with van der Waals surface area (Å²) >= 11 is 0. The molecule has 1 N–H and O–H groups in total. The largest absolute Gasteiger partial charge is 0.490 e. The number of aliphatic hydroxyl groups excluding tert-OH is 1. The lowest BCUT2D eigenvalue weighted by Gasteiger charge is -2.10. The summed E-state index contributed by atoms with van der Waals surface area (Å²) in [6, 6.07) is 14.0. The highest BCUT2D eigenvalue weighted by Gasteiger charge is 2.02. The zero-order chi connectivity index (χ0) is 10.7. The zero-order valence-corrected chi connectivity index (χ0v) is 9.91. The summed E-state index contributed by atoms with van der Waals surface area (Å²) in [7, 11) is 0. The van der Waals surface area contributed by atoms with Crippen molar-refractivity contribution in [3.8, 4) is 5.75 Å². The van der Waals surface area contributed by atoms with Crippen LogP contribution in [0, 0.1) is 0 Å². The first-order valence-electron chi connectivity index (χ1n) is 5.06. The number of aliphatic hydroxyl groups is 1. The van der Waals surface area contributed by atoms with Crippen LogP contribution in [0.1, 0.15) is 6.92 Å². The van der Waals surface area contributed by atoms with E-state index in [4.69, 9.17) is 9.84 Å². The zero-order valence-electron chi connectivity index (χ0n) is 9.09. The normalized spacial score (nSPS) is 11.9. The van der Waals surface area contributed by atoms with Gasteiger partial charge in [0.15, 0.2) is 0 Å². The van der Waals surface area contributed by atoms with Crippen LogP contribution in [0.5, 0.6) is 5.75 Å². The number of halogens is 1. The molecular formula is C13H15ClO2. The molecule has 1 atom stereocenters. The fourth-order valence-electron chi connectivity index (χ4n) is 1.53. The van der Waals surface area contributed by atoms with E-state index in [-0.39, 0.29) is 12.4 Å². The molecule has 0 aliphatic carbocycles. The summed E-state index contributed by atoms with van der Waals surface area (Å²) < 4.78 is 5.53. The molecule has 2 aromatic carbocycles. The van der Waals surface area contributed by atoms with Gasteiger partial charge in [-0.2, -0.15) is 0 Å². The maximum atomic E-state index is 9.16. The first kappa shape index (κ1) is 12.8. The summed E-state index contributed by atoms with van der Waals surface area (Å²) in [5.41, 5.74) is 0. The Morgan fingerprint density at radius 3 is 2.56 bits per heavy atom. The summed E-state index contributed by atoms with van der Waals surface area (Å²) in [5, 5.41) is 11.4. The fourth-order valence-corrected chi connectivity index (χ4v) is 1.53. The lowest BCUT2D eigenvalue weighted by atomic mass is 10.1. The Balaban J connectivity index is 0.00000128. The van der Waals surface area contributed by atoms with Gasteiger partial charge in [0.25, 0.3) is 0 Å². The molecule has 0 saturated heterocycles. The lowest BCUT2D eigenvalue weighted by molar-refractivity contribution is 0.123. The van der Waals surface area contributed by atoms with Crippen LogP contribution in [-0.4, -0.2) is 17.8 Å². The average molecular weight is 239 g/mol. The fraction of sp³-hybridized carbons (Fsp3) is 0.231. The van der Waals surface area contributed by atoms with E-state index in [2.05, 4.69) is 0 Å². The van der Waals surface area contributed by atoms with Crippen LogP contribution < -0.4 is 4.74 Å². The number of hydrogen-bond donors (Lipinski definition) is 1. The topological polar surface area (TPSA) is 29.5 Å². The van der Waals surface area contributed by atoms with Crippen LogP contribution >= 0.6 is 12.4 Å². The summed E-state index contributed by atoms with van der Waals surface area (Å²) in [4.78, 5) is 0. The predicted molar refractivity (Wildman–Crippen MR) is 68.4 cm³/mol. The van der Waals surface area contributed by atoms with E-state index in [9.17, 15) is 0 Å². The molecule has 0 aromatic heterocycles. The number of benzene rings is 2. The standard InChI is InChI=1S/C13H14O2.ClH/c1-10(14)9-15-13-8-4-6-11-5-2-3-7-12(11)13;/h2-8,10,14H,9H2,1H3;1H. The van der Waals surface area contributed by atoms with Gasteiger partial charge in [0, 0.05) is 5.39 Å². The van der Waals surface area contributed by atoms with E-state index in [0.717, 1.165) is 16.5 Å². The van der Waals surface area contributed by atoms with Crippen molar-refractivity contribution in [1.29, 1.82) is 0 Å². The Hall–Kier alpha value is -1.25.